The van der Waals surface area contributed by atoms with Crippen molar-refractivity contribution in [2.45, 2.75) is 12.2 Å². The Morgan fingerprint density at radius 3 is 2.00 bits per heavy atom. The van der Waals surface area contributed by atoms with E-state index in [0.29, 0.717) is 0 Å². The van der Waals surface area contributed by atoms with Crippen molar-refractivity contribution in [2.24, 2.45) is 0 Å². The zero-order valence-electron chi connectivity index (χ0n) is 5.30. The Hall–Kier alpha value is -0.322. The molecule has 0 aliphatic rings. The third kappa shape index (κ3) is 3.05. The van der Waals surface area contributed by atoms with Gasteiger partial charge in [0, 0.05) is 0 Å². The first kappa shape index (κ1) is 10.7. The van der Waals surface area contributed by atoms with Crippen LogP contribution in [0.15, 0.2) is 0 Å². The average Bonchev–Trinajstić information content (AvgIpc) is 2.00. The zero-order chi connectivity index (χ0) is 9.02. The molecule has 0 saturated heterocycles. The van der Waals surface area contributed by atoms with Gasteiger partial charge in [-0.1, -0.05) is 0 Å². The molecular formula is C4H7O6Sb. The van der Waals surface area contributed by atoms with Crippen molar-refractivity contribution in [3.63, 3.8) is 0 Å². The molecule has 0 fully saturated rings. The van der Waals surface area contributed by atoms with Crippen LogP contribution in [-0.2, 0) is 12.6 Å². The molecule has 2 atom stereocenters. The van der Waals surface area contributed by atoms with E-state index in [0.717, 1.165) is 0 Å². The van der Waals surface area contributed by atoms with Gasteiger partial charge in [-0.3, -0.25) is 0 Å². The van der Waals surface area contributed by atoms with E-state index in [-0.39, 0.29) is 23.4 Å². The van der Waals surface area contributed by atoms with Gasteiger partial charge in [0.15, 0.2) is 0 Å². The molecule has 3 N–H and O–H groups in total. The van der Waals surface area contributed by atoms with Crippen molar-refractivity contribution < 1.29 is 27.9 Å². The molecule has 64 valence electrons. The maximum atomic E-state index is 10.4. The van der Waals surface area contributed by atoms with Crippen LogP contribution in [-0.4, -0.2) is 62.9 Å². The van der Waals surface area contributed by atoms with E-state index in [2.05, 4.69) is 3.02 Å². The molecule has 0 bridgehead atoms. The fraction of sp³-hybridized carbons (Fsp3) is 0.500. The summed E-state index contributed by atoms with van der Waals surface area (Å²) in [4.78, 5) is 20.3. The van der Waals surface area contributed by atoms with Crippen molar-refractivity contribution in [1.82, 2.24) is 0 Å². The first-order chi connectivity index (χ1) is 5.00. The number of hydrogen-bond donors (Lipinski definition) is 3. The Labute approximate surface area is 75.8 Å². The predicted molar refractivity (Wildman–Crippen MR) is 34.3 cm³/mol. The standard InChI is InChI=1S/C4H6O6.Sb.2H/c5-1(3(7)8)2(6)4(9)10;;;/h1-2,5-6H,(H,7,8)(H,9,10);;;/q;+1;;/p-1. The number of aliphatic hydroxyl groups excluding tert-OH is 2. The Morgan fingerprint density at radius 1 is 1.27 bits per heavy atom. The van der Waals surface area contributed by atoms with Gasteiger partial charge in [-0.05, 0) is 0 Å². The molecular weight excluding hydrogens is 266 g/mol. The van der Waals surface area contributed by atoms with Crippen LogP contribution < -0.4 is 0 Å². The molecule has 0 rings (SSSR count). The van der Waals surface area contributed by atoms with Crippen molar-refractivity contribution in [1.29, 1.82) is 0 Å². The Kier molecular flexibility index (Phi) is 4.40. The Balaban J connectivity index is 4.12. The fourth-order valence-corrected chi connectivity index (χ4v) is 0.732. The number of hydrogen-bond acceptors (Lipinski definition) is 5. The SMILES string of the molecule is O=C(O)C(O)C(O)C(=O)[O][SbH2]. The number of carbonyl (C=O) groups is 2. The van der Waals surface area contributed by atoms with Gasteiger partial charge in [-0.2, -0.15) is 0 Å². The van der Waals surface area contributed by atoms with Gasteiger partial charge in [0.1, 0.15) is 0 Å². The molecule has 0 aromatic rings. The van der Waals surface area contributed by atoms with E-state index in [4.69, 9.17) is 15.3 Å². The molecule has 0 aliphatic heterocycles. The van der Waals surface area contributed by atoms with Gasteiger partial charge in [-0.15, -0.1) is 0 Å². The number of carboxylic acids is 1. The molecule has 7 heteroatoms. The van der Waals surface area contributed by atoms with E-state index < -0.39 is 24.1 Å². The van der Waals surface area contributed by atoms with Crippen LogP contribution in [0.1, 0.15) is 0 Å². The quantitative estimate of drug-likeness (QED) is 0.470. The Bertz CT molecular complexity index is 168. The second-order valence-electron chi connectivity index (χ2n) is 1.66. The summed E-state index contributed by atoms with van der Waals surface area (Å²) in [5.74, 6) is -2.79. The third-order valence-corrected chi connectivity index (χ3v) is 1.57. The second-order valence-corrected chi connectivity index (χ2v) is 2.34. The number of rotatable bonds is 3. The van der Waals surface area contributed by atoms with Gasteiger partial charge in [0.25, 0.3) is 0 Å². The Morgan fingerprint density at radius 2 is 1.73 bits per heavy atom. The first-order valence-corrected chi connectivity index (χ1v) is 3.84. The maximum absolute atomic E-state index is 10.4. The molecule has 0 aromatic carbocycles. The van der Waals surface area contributed by atoms with Crippen molar-refractivity contribution in [3.05, 3.63) is 0 Å². The summed E-state index contributed by atoms with van der Waals surface area (Å²) in [6, 6.07) is 0. The van der Waals surface area contributed by atoms with E-state index in [9.17, 15) is 9.59 Å². The minimum atomic E-state index is -2.12. The van der Waals surface area contributed by atoms with Crippen LogP contribution in [0, 0.1) is 0 Å². The third-order valence-electron chi connectivity index (χ3n) is 0.910. The summed E-state index contributed by atoms with van der Waals surface area (Å²) in [6.07, 6.45) is -4.11. The van der Waals surface area contributed by atoms with Crippen LogP contribution in [0.3, 0.4) is 0 Å². The zero-order valence-corrected chi connectivity index (χ0v) is 8.59. The molecule has 0 aromatic heterocycles. The van der Waals surface area contributed by atoms with E-state index >= 15 is 0 Å². The van der Waals surface area contributed by atoms with Crippen molar-refractivity contribution >= 4 is 35.4 Å². The van der Waals surface area contributed by atoms with Crippen LogP contribution >= 0.6 is 0 Å². The molecule has 11 heavy (non-hydrogen) atoms. The number of aliphatic carboxylic acids is 1. The normalized spacial score (nSPS) is 15.2. The molecule has 0 heterocycles. The molecule has 2 unspecified atom stereocenters. The summed E-state index contributed by atoms with van der Waals surface area (Å²) >= 11 is 0.108. The van der Waals surface area contributed by atoms with Gasteiger partial charge in [0.2, 0.25) is 0 Å². The van der Waals surface area contributed by atoms with Gasteiger partial charge in [-0.25, -0.2) is 0 Å². The van der Waals surface area contributed by atoms with Crippen LogP contribution in [0.2, 0.25) is 0 Å². The van der Waals surface area contributed by atoms with Crippen LogP contribution in [0.4, 0.5) is 0 Å². The van der Waals surface area contributed by atoms with Crippen molar-refractivity contribution in [2.75, 3.05) is 0 Å². The monoisotopic (exact) mass is 272 g/mol. The molecule has 0 spiro atoms. The van der Waals surface area contributed by atoms with E-state index in [1.165, 1.54) is 0 Å². The molecule has 0 aliphatic carbocycles. The van der Waals surface area contributed by atoms with Gasteiger partial charge < -0.3 is 0 Å². The van der Waals surface area contributed by atoms with Crippen LogP contribution in [0.5, 0.6) is 0 Å². The molecule has 0 amide bonds. The summed E-state index contributed by atoms with van der Waals surface area (Å²) in [5, 5.41) is 25.3. The summed E-state index contributed by atoms with van der Waals surface area (Å²) < 4.78 is 4.10. The number of aliphatic hydroxyl groups is 2. The average molecular weight is 273 g/mol. The second kappa shape index (κ2) is 4.53. The van der Waals surface area contributed by atoms with Gasteiger partial charge >= 0.3 is 75.5 Å². The summed E-state index contributed by atoms with van der Waals surface area (Å²) in [7, 11) is 0. The van der Waals surface area contributed by atoms with Crippen molar-refractivity contribution in [3.8, 4) is 0 Å². The van der Waals surface area contributed by atoms with Gasteiger partial charge in [0.05, 0.1) is 0 Å². The fourth-order valence-electron chi connectivity index (χ4n) is 0.334. The summed E-state index contributed by atoms with van der Waals surface area (Å²) in [6.45, 7) is 0. The molecule has 0 radical (unpaired) electrons. The minimum absolute atomic E-state index is 0.108. The number of carboxylic acid groups (broad SMARTS) is 1. The topological polar surface area (TPSA) is 104 Å². The number of carbonyl (C=O) groups excluding carboxylic acids is 1. The van der Waals surface area contributed by atoms with Crippen LogP contribution in [0.25, 0.3) is 0 Å². The van der Waals surface area contributed by atoms with E-state index in [1.807, 2.05) is 0 Å². The molecule has 0 saturated carbocycles. The predicted octanol–water partition coefficient (Wildman–Crippen LogP) is -3.12. The first-order valence-electron chi connectivity index (χ1n) is 2.50. The van der Waals surface area contributed by atoms with E-state index in [1.54, 1.807) is 0 Å². The summed E-state index contributed by atoms with van der Waals surface area (Å²) in [5.41, 5.74) is 0. The molecule has 6 nitrogen and oxygen atoms in total.